The number of rotatable bonds is 3. The first kappa shape index (κ1) is 14.5. The van der Waals surface area contributed by atoms with Crippen LogP contribution in [0.2, 0.25) is 0 Å². The van der Waals surface area contributed by atoms with Gasteiger partial charge in [0.05, 0.1) is 11.6 Å². The van der Waals surface area contributed by atoms with Crippen LogP contribution in [0.3, 0.4) is 0 Å². The van der Waals surface area contributed by atoms with Crippen molar-refractivity contribution in [3.8, 4) is 6.07 Å². The highest BCUT2D eigenvalue weighted by atomic mass is 19.1. The van der Waals surface area contributed by atoms with Crippen LogP contribution in [0.25, 0.3) is 0 Å². The largest absolute Gasteiger partial charge is 0.359 e. The van der Waals surface area contributed by atoms with Gasteiger partial charge in [-0.2, -0.15) is 5.26 Å². The monoisotopic (exact) mass is 275 g/mol. The van der Waals surface area contributed by atoms with Gasteiger partial charge in [0.15, 0.2) is 0 Å². The fourth-order valence-corrected chi connectivity index (χ4v) is 2.54. The second-order valence-corrected chi connectivity index (χ2v) is 5.08. The lowest BCUT2D eigenvalue weighted by atomic mass is 9.95. The summed E-state index contributed by atoms with van der Waals surface area (Å²) in [6, 6.07) is 6.50. The van der Waals surface area contributed by atoms with Crippen molar-refractivity contribution >= 4 is 5.91 Å². The molecule has 20 heavy (non-hydrogen) atoms. The van der Waals surface area contributed by atoms with Crippen LogP contribution in [0.4, 0.5) is 4.39 Å². The van der Waals surface area contributed by atoms with Gasteiger partial charge in [0.25, 0.3) is 0 Å². The molecule has 1 amide bonds. The van der Waals surface area contributed by atoms with E-state index in [0.717, 1.165) is 25.9 Å². The minimum atomic E-state index is -0.336. The first-order valence-corrected chi connectivity index (χ1v) is 6.76. The van der Waals surface area contributed by atoms with Gasteiger partial charge in [-0.15, -0.1) is 0 Å². The van der Waals surface area contributed by atoms with E-state index in [1.165, 1.54) is 6.07 Å². The molecule has 1 aromatic rings. The average molecular weight is 275 g/mol. The van der Waals surface area contributed by atoms with Crippen molar-refractivity contribution in [1.82, 2.24) is 10.2 Å². The molecular formula is C15H18FN3O. The average Bonchev–Trinajstić information content (AvgIpc) is 2.49. The van der Waals surface area contributed by atoms with Crippen LogP contribution >= 0.6 is 0 Å². The van der Waals surface area contributed by atoms with E-state index >= 15 is 0 Å². The molecule has 0 atom stereocenters. The number of nitrogens with one attached hydrogen (secondary N) is 1. The fraction of sp³-hybridized carbons (Fsp3) is 0.467. The minimum Gasteiger partial charge on any atom is -0.359 e. The minimum absolute atomic E-state index is 0.0714. The zero-order valence-corrected chi connectivity index (χ0v) is 11.5. The van der Waals surface area contributed by atoms with Crippen LogP contribution < -0.4 is 5.32 Å². The molecule has 0 aliphatic carbocycles. The SMILES string of the molecule is CNC(=O)C1CCN(Cc2ccc(C#N)cc2F)CC1. The molecule has 1 fully saturated rings. The fourth-order valence-electron chi connectivity index (χ4n) is 2.54. The quantitative estimate of drug-likeness (QED) is 0.912. The molecule has 1 heterocycles. The Labute approximate surface area is 118 Å². The lowest BCUT2D eigenvalue weighted by Gasteiger charge is -2.31. The molecule has 106 valence electrons. The number of halogens is 1. The molecule has 0 unspecified atom stereocenters. The summed E-state index contributed by atoms with van der Waals surface area (Å²) in [7, 11) is 1.65. The van der Waals surface area contributed by atoms with Gasteiger partial charge in [-0.05, 0) is 38.1 Å². The Morgan fingerprint density at radius 2 is 2.20 bits per heavy atom. The molecular weight excluding hydrogens is 257 g/mol. The van der Waals surface area contributed by atoms with Crippen molar-refractivity contribution < 1.29 is 9.18 Å². The van der Waals surface area contributed by atoms with Gasteiger partial charge in [-0.3, -0.25) is 9.69 Å². The van der Waals surface area contributed by atoms with Crippen molar-refractivity contribution in [2.45, 2.75) is 19.4 Å². The Balaban J connectivity index is 1.93. The van der Waals surface area contributed by atoms with Gasteiger partial charge in [0.1, 0.15) is 5.82 Å². The molecule has 2 rings (SSSR count). The van der Waals surface area contributed by atoms with Gasteiger partial charge in [0, 0.05) is 25.1 Å². The first-order chi connectivity index (χ1) is 9.63. The van der Waals surface area contributed by atoms with E-state index in [0.29, 0.717) is 17.7 Å². The molecule has 4 nitrogen and oxygen atoms in total. The molecule has 0 radical (unpaired) electrons. The number of piperidine rings is 1. The summed E-state index contributed by atoms with van der Waals surface area (Å²) in [6.07, 6.45) is 1.61. The molecule has 1 aliphatic heterocycles. The summed E-state index contributed by atoms with van der Waals surface area (Å²) in [4.78, 5) is 13.7. The highest BCUT2D eigenvalue weighted by Crippen LogP contribution is 2.20. The van der Waals surface area contributed by atoms with Crippen LogP contribution in [0.1, 0.15) is 24.0 Å². The second kappa shape index (κ2) is 6.49. The smallest absolute Gasteiger partial charge is 0.222 e. The van der Waals surface area contributed by atoms with Crippen LogP contribution in [0, 0.1) is 23.1 Å². The van der Waals surface area contributed by atoms with Crippen LogP contribution in [0.15, 0.2) is 18.2 Å². The Hall–Kier alpha value is -1.93. The molecule has 1 aliphatic rings. The first-order valence-electron chi connectivity index (χ1n) is 6.76. The Bertz CT molecular complexity index is 530. The molecule has 1 N–H and O–H groups in total. The van der Waals surface area contributed by atoms with E-state index in [2.05, 4.69) is 10.2 Å². The van der Waals surface area contributed by atoms with Crippen LogP contribution in [0.5, 0.6) is 0 Å². The van der Waals surface area contributed by atoms with E-state index in [1.807, 2.05) is 6.07 Å². The van der Waals surface area contributed by atoms with Crippen molar-refractivity contribution in [2.75, 3.05) is 20.1 Å². The third-order valence-corrected chi connectivity index (χ3v) is 3.78. The highest BCUT2D eigenvalue weighted by Gasteiger charge is 2.24. The number of amides is 1. The lowest BCUT2D eigenvalue weighted by molar-refractivity contribution is -0.125. The normalized spacial score (nSPS) is 16.6. The molecule has 5 heteroatoms. The number of nitriles is 1. The maximum Gasteiger partial charge on any atom is 0.222 e. The Morgan fingerprint density at radius 1 is 1.50 bits per heavy atom. The summed E-state index contributed by atoms with van der Waals surface area (Å²) in [6.45, 7) is 2.10. The topological polar surface area (TPSA) is 56.1 Å². The van der Waals surface area contributed by atoms with Gasteiger partial charge < -0.3 is 5.32 Å². The molecule has 0 spiro atoms. The van der Waals surface area contributed by atoms with E-state index < -0.39 is 0 Å². The maximum atomic E-state index is 13.8. The molecule has 0 aromatic heterocycles. The predicted octanol–water partition coefficient (Wildman–Crippen LogP) is 1.66. The van der Waals surface area contributed by atoms with Gasteiger partial charge in [-0.25, -0.2) is 4.39 Å². The van der Waals surface area contributed by atoms with Crippen LogP contribution in [-0.4, -0.2) is 30.9 Å². The zero-order chi connectivity index (χ0) is 14.5. The number of hydrogen-bond acceptors (Lipinski definition) is 3. The molecule has 1 saturated heterocycles. The van der Waals surface area contributed by atoms with E-state index in [1.54, 1.807) is 19.2 Å². The maximum absolute atomic E-state index is 13.8. The highest BCUT2D eigenvalue weighted by molar-refractivity contribution is 5.78. The third-order valence-electron chi connectivity index (χ3n) is 3.78. The third kappa shape index (κ3) is 3.34. The van der Waals surface area contributed by atoms with Crippen LogP contribution in [-0.2, 0) is 11.3 Å². The number of hydrogen-bond donors (Lipinski definition) is 1. The van der Waals surface area contributed by atoms with Gasteiger partial charge >= 0.3 is 0 Å². The number of carbonyl (C=O) groups excluding carboxylic acids is 1. The van der Waals surface area contributed by atoms with E-state index in [9.17, 15) is 9.18 Å². The molecule has 0 saturated carbocycles. The van der Waals surface area contributed by atoms with Crippen molar-refractivity contribution in [3.05, 3.63) is 35.1 Å². The summed E-state index contributed by atoms with van der Waals surface area (Å²) in [5.41, 5.74) is 0.937. The number of likely N-dealkylation sites (tertiary alicyclic amines) is 1. The summed E-state index contributed by atoms with van der Waals surface area (Å²) < 4.78 is 13.8. The number of carbonyl (C=O) groups is 1. The molecule has 0 bridgehead atoms. The molecule has 1 aromatic carbocycles. The number of benzene rings is 1. The Kier molecular flexibility index (Phi) is 4.70. The summed E-state index contributed by atoms with van der Waals surface area (Å²) in [5.74, 6) is -0.172. The standard InChI is InChI=1S/C15H18FN3O/c1-18-15(20)12-4-6-19(7-5-12)10-13-3-2-11(9-17)8-14(13)16/h2-3,8,12H,4-7,10H2,1H3,(H,18,20). The summed E-state index contributed by atoms with van der Waals surface area (Å²) in [5, 5.41) is 11.4. The summed E-state index contributed by atoms with van der Waals surface area (Å²) >= 11 is 0. The second-order valence-electron chi connectivity index (χ2n) is 5.08. The van der Waals surface area contributed by atoms with E-state index in [-0.39, 0.29) is 17.6 Å². The zero-order valence-electron chi connectivity index (χ0n) is 11.5. The van der Waals surface area contributed by atoms with Crippen molar-refractivity contribution in [2.24, 2.45) is 5.92 Å². The lowest BCUT2D eigenvalue weighted by Crippen LogP contribution is -2.39. The predicted molar refractivity (Wildman–Crippen MR) is 73.2 cm³/mol. The van der Waals surface area contributed by atoms with Gasteiger partial charge in [0.2, 0.25) is 5.91 Å². The van der Waals surface area contributed by atoms with Crippen molar-refractivity contribution in [3.63, 3.8) is 0 Å². The number of nitrogens with zero attached hydrogens (tertiary/aromatic N) is 2. The van der Waals surface area contributed by atoms with E-state index in [4.69, 9.17) is 5.26 Å². The Morgan fingerprint density at radius 3 is 2.75 bits per heavy atom. The van der Waals surface area contributed by atoms with Gasteiger partial charge in [-0.1, -0.05) is 6.07 Å². The van der Waals surface area contributed by atoms with Crippen molar-refractivity contribution in [1.29, 1.82) is 5.26 Å².